The highest BCUT2D eigenvalue weighted by molar-refractivity contribution is 7.58. The molecule has 2 rings (SSSR count). The summed E-state index contributed by atoms with van der Waals surface area (Å²) in [4.78, 5) is 12.0. The Bertz CT molecular complexity index is 735. The monoisotopic (exact) mass is 352 g/mol. The van der Waals surface area contributed by atoms with E-state index in [1.807, 2.05) is 0 Å². The number of rotatable bonds is 7. The second-order valence-corrected chi connectivity index (χ2v) is 7.71. The van der Waals surface area contributed by atoms with Gasteiger partial charge in [0, 0.05) is 19.3 Å². The number of esters is 1. The Morgan fingerprint density at radius 1 is 1.12 bits per heavy atom. The molecule has 2 aromatic carbocycles. The normalized spacial score (nSPS) is 14.5. The average Bonchev–Trinajstić information content (AvgIpc) is 2.59. The van der Waals surface area contributed by atoms with Gasteiger partial charge in [-0.15, -0.1) is 0 Å². The molecule has 0 aliphatic carbocycles. The summed E-state index contributed by atoms with van der Waals surface area (Å²) < 4.78 is 41.4. The highest BCUT2D eigenvalue weighted by atomic mass is 31.2. The van der Waals surface area contributed by atoms with Crippen molar-refractivity contribution in [3.8, 4) is 5.75 Å². The van der Waals surface area contributed by atoms with Crippen LogP contribution >= 0.6 is 7.37 Å². The quantitative estimate of drug-likeness (QED) is 0.557. The lowest BCUT2D eigenvalue weighted by atomic mass is 10.2. The fourth-order valence-electron chi connectivity index (χ4n) is 2.00. The largest absolute Gasteiger partial charge is 0.479 e. The van der Waals surface area contributed by atoms with Gasteiger partial charge in [0.15, 0.2) is 18.2 Å². The second kappa shape index (κ2) is 8.08. The first-order chi connectivity index (χ1) is 11.4. The van der Waals surface area contributed by atoms with Crippen molar-refractivity contribution >= 4 is 13.3 Å². The summed E-state index contributed by atoms with van der Waals surface area (Å²) in [7, 11) is -1.95. The zero-order chi connectivity index (χ0) is 17.6. The molecule has 5 nitrogen and oxygen atoms in total. The first-order valence-electron chi connectivity index (χ1n) is 7.18. The number of hydrogen-bond acceptors (Lipinski definition) is 5. The number of carbonyl (C=O) groups is 1. The van der Waals surface area contributed by atoms with E-state index in [1.165, 1.54) is 32.0 Å². The van der Waals surface area contributed by atoms with Crippen LogP contribution in [-0.2, 0) is 18.6 Å². The molecule has 0 saturated carbocycles. The van der Waals surface area contributed by atoms with Gasteiger partial charge in [0.05, 0.1) is 0 Å². The lowest BCUT2D eigenvalue weighted by Gasteiger charge is -2.23. The summed E-state index contributed by atoms with van der Waals surface area (Å²) in [6.45, 7) is 0.879. The van der Waals surface area contributed by atoms with E-state index in [1.54, 1.807) is 36.4 Å². The summed E-state index contributed by atoms with van der Waals surface area (Å²) in [5, 5.41) is 0. The van der Waals surface area contributed by atoms with Crippen LogP contribution in [0.2, 0.25) is 0 Å². The number of hydrogen-bond donors (Lipinski definition) is 0. The number of ether oxygens (including phenoxy) is 2. The van der Waals surface area contributed by atoms with Crippen LogP contribution in [0, 0.1) is 5.82 Å². The van der Waals surface area contributed by atoms with Crippen LogP contribution < -0.4 is 4.74 Å². The molecule has 0 saturated heterocycles. The third-order valence-corrected chi connectivity index (χ3v) is 5.28. The lowest BCUT2D eigenvalue weighted by Crippen LogP contribution is -2.19. The summed E-state index contributed by atoms with van der Waals surface area (Å²) in [6.07, 6.45) is 0. The van der Waals surface area contributed by atoms with Crippen LogP contribution in [0.4, 0.5) is 4.39 Å². The van der Waals surface area contributed by atoms with E-state index in [2.05, 4.69) is 0 Å². The maximum Gasteiger partial charge on any atom is 0.345 e. The van der Waals surface area contributed by atoms with Gasteiger partial charge in [-0.1, -0.05) is 42.5 Å². The molecule has 0 aliphatic heterocycles. The van der Waals surface area contributed by atoms with Crippen molar-refractivity contribution in [3.05, 3.63) is 66.0 Å². The first kappa shape index (κ1) is 18.2. The maximum absolute atomic E-state index is 13.5. The average molecular weight is 352 g/mol. The van der Waals surface area contributed by atoms with Crippen LogP contribution in [0.25, 0.3) is 0 Å². The van der Waals surface area contributed by atoms with Crippen LogP contribution in [-0.4, -0.2) is 26.4 Å². The molecule has 0 amide bonds. The van der Waals surface area contributed by atoms with E-state index < -0.39 is 31.6 Å². The van der Waals surface area contributed by atoms with Crippen LogP contribution in [0.15, 0.2) is 54.6 Å². The number of para-hydroxylation sites is 1. The molecule has 0 spiro atoms. The number of carbonyl (C=O) groups excluding carboxylic acids is 1. The minimum absolute atomic E-state index is 0.0582. The van der Waals surface area contributed by atoms with Gasteiger partial charge in [-0.3, -0.25) is 4.57 Å². The van der Waals surface area contributed by atoms with Crippen molar-refractivity contribution < 1.29 is 27.7 Å². The van der Waals surface area contributed by atoms with Gasteiger partial charge in [0.2, 0.25) is 13.2 Å². The minimum atomic E-state index is -3.24. The van der Waals surface area contributed by atoms with E-state index in [4.69, 9.17) is 14.0 Å². The van der Waals surface area contributed by atoms with Gasteiger partial charge in [0.25, 0.3) is 0 Å². The lowest BCUT2D eigenvalue weighted by molar-refractivity contribution is -0.148. The van der Waals surface area contributed by atoms with Gasteiger partial charge < -0.3 is 14.0 Å². The van der Waals surface area contributed by atoms with E-state index in [0.29, 0.717) is 5.56 Å². The summed E-state index contributed by atoms with van der Waals surface area (Å²) in [5.41, 5.74) is 0.546. The maximum atomic E-state index is 13.5. The molecule has 2 atom stereocenters. The predicted octanol–water partition coefficient (Wildman–Crippen LogP) is 4.00. The third-order valence-electron chi connectivity index (χ3n) is 3.30. The highest BCUT2D eigenvalue weighted by Gasteiger charge is 2.33. The topological polar surface area (TPSA) is 61.8 Å². The van der Waals surface area contributed by atoms with Crippen molar-refractivity contribution in [3.63, 3.8) is 0 Å². The van der Waals surface area contributed by atoms with Crippen molar-refractivity contribution in [2.24, 2.45) is 0 Å². The summed E-state index contributed by atoms with van der Waals surface area (Å²) in [5.74, 6) is -2.47. The second-order valence-electron chi connectivity index (χ2n) is 5.06. The molecule has 0 heterocycles. The van der Waals surface area contributed by atoms with Gasteiger partial charge in [-0.2, -0.15) is 0 Å². The van der Waals surface area contributed by atoms with Gasteiger partial charge >= 0.3 is 5.97 Å². The highest BCUT2D eigenvalue weighted by Crippen LogP contribution is 2.56. The van der Waals surface area contributed by atoms with Crippen molar-refractivity contribution in [1.82, 2.24) is 0 Å². The molecule has 0 N–H and O–H groups in total. The zero-order valence-electron chi connectivity index (χ0n) is 13.3. The molecule has 7 heteroatoms. The van der Waals surface area contributed by atoms with E-state index in [9.17, 15) is 13.8 Å². The smallest absolute Gasteiger partial charge is 0.345 e. The third kappa shape index (κ3) is 4.66. The number of halogens is 1. The van der Waals surface area contributed by atoms with Crippen LogP contribution in [0.5, 0.6) is 5.75 Å². The molecular formula is C17H18FO5P. The zero-order valence-corrected chi connectivity index (χ0v) is 14.2. The van der Waals surface area contributed by atoms with Crippen molar-refractivity contribution in [1.29, 1.82) is 0 Å². The predicted molar refractivity (Wildman–Crippen MR) is 87.7 cm³/mol. The first-order valence-corrected chi connectivity index (χ1v) is 9.33. The Kier molecular flexibility index (Phi) is 6.12. The molecule has 0 aliphatic rings. The Morgan fingerprint density at radius 3 is 2.38 bits per heavy atom. The Balaban J connectivity index is 2.08. The van der Waals surface area contributed by atoms with E-state index >= 15 is 0 Å². The molecular weight excluding hydrogens is 334 g/mol. The van der Waals surface area contributed by atoms with Crippen LogP contribution in [0.3, 0.4) is 0 Å². The Morgan fingerprint density at radius 2 is 1.75 bits per heavy atom. The number of benzene rings is 2. The van der Waals surface area contributed by atoms with Gasteiger partial charge in [0.1, 0.15) is 0 Å². The molecule has 0 bridgehead atoms. The molecule has 2 aromatic rings. The molecule has 0 fully saturated rings. The molecule has 24 heavy (non-hydrogen) atoms. The van der Waals surface area contributed by atoms with E-state index in [0.717, 1.165) is 0 Å². The minimum Gasteiger partial charge on any atom is -0.479 e. The molecule has 128 valence electrons. The van der Waals surface area contributed by atoms with Crippen molar-refractivity contribution in [2.75, 3.05) is 20.4 Å². The molecule has 0 aromatic heterocycles. The van der Waals surface area contributed by atoms with Crippen LogP contribution in [0.1, 0.15) is 11.4 Å². The SMILES string of the molecule is COP(C)(=O)C(OC(=O)COc1ccccc1F)c1ccccc1. The summed E-state index contributed by atoms with van der Waals surface area (Å²) in [6, 6.07) is 14.4. The van der Waals surface area contributed by atoms with Crippen molar-refractivity contribution in [2.45, 2.75) is 5.85 Å². The van der Waals surface area contributed by atoms with Gasteiger partial charge in [-0.25, -0.2) is 9.18 Å². The standard InChI is InChI=1S/C17H18FO5P/c1-21-24(2,20)17(13-8-4-3-5-9-13)23-16(19)12-22-15-11-7-6-10-14(15)18/h3-11,17H,12H2,1-2H3. The Hall–Kier alpha value is -2.17. The molecule has 2 unspecified atom stereocenters. The Labute approximate surface area is 139 Å². The fourth-order valence-corrected chi connectivity index (χ4v) is 3.22. The van der Waals surface area contributed by atoms with E-state index in [-0.39, 0.29) is 5.75 Å². The molecule has 0 radical (unpaired) electrons. The fraction of sp³-hybridized carbons (Fsp3) is 0.235. The van der Waals surface area contributed by atoms with Gasteiger partial charge in [-0.05, 0) is 12.1 Å². The summed E-state index contributed by atoms with van der Waals surface area (Å²) >= 11 is 0.